The van der Waals surface area contributed by atoms with E-state index in [1.165, 1.54) is 70.6 Å². The molecule has 29 heavy (non-hydrogen) atoms. The van der Waals surface area contributed by atoms with E-state index in [-0.39, 0.29) is 12.5 Å². The molecular formula is C24H51N3O2. The fourth-order valence-corrected chi connectivity index (χ4v) is 3.64. The van der Waals surface area contributed by atoms with Gasteiger partial charge in [-0.05, 0) is 19.4 Å². The van der Waals surface area contributed by atoms with Gasteiger partial charge >= 0.3 is 0 Å². The number of carbonyl (C=O) groups is 1. The van der Waals surface area contributed by atoms with Gasteiger partial charge in [0.1, 0.15) is 0 Å². The van der Waals surface area contributed by atoms with Crippen LogP contribution in [0.4, 0.5) is 0 Å². The zero-order valence-electron chi connectivity index (χ0n) is 19.7. The van der Waals surface area contributed by atoms with Crippen LogP contribution in [0.5, 0.6) is 0 Å². The van der Waals surface area contributed by atoms with Crippen molar-refractivity contribution in [2.45, 2.75) is 104 Å². The van der Waals surface area contributed by atoms with Crippen LogP contribution in [0.15, 0.2) is 0 Å². The van der Waals surface area contributed by atoms with E-state index < -0.39 is 0 Å². The first-order valence-corrected chi connectivity index (χ1v) is 12.5. The third-order valence-electron chi connectivity index (χ3n) is 5.44. The molecule has 0 aliphatic rings. The molecule has 0 spiro atoms. The molecule has 5 heteroatoms. The Kier molecular flexibility index (Phi) is 23.1. The van der Waals surface area contributed by atoms with Gasteiger partial charge in [0.25, 0.3) is 0 Å². The van der Waals surface area contributed by atoms with Gasteiger partial charge in [-0.25, -0.2) is 0 Å². The van der Waals surface area contributed by atoms with Crippen LogP contribution in [0, 0.1) is 0 Å². The second kappa shape index (κ2) is 23.6. The van der Waals surface area contributed by atoms with E-state index in [0.717, 1.165) is 52.1 Å². The summed E-state index contributed by atoms with van der Waals surface area (Å²) in [5.74, 6) is 0.154. The summed E-state index contributed by atoms with van der Waals surface area (Å²) >= 11 is 0. The lowest BCUT2D eigenvalue weighted by Crippen LogP contribution is -2.36. The predicted octanol–water partition coefficient (Wildman–Crippen LogP) is 4.49. The van der Waals surface area contributed by atoms with Crippen molar-refractivity contribution in [3.05, 3.63) is 0 Å². The number of rotatable bonds is 23. The van der Waals surface area contributed by atoms with Crippen LogP contribution in [0.3, 0.4) is 0 Å². The van der Waals surface area contributed by atoms with Gasteiger partial charge in [0.05, 0.1) is 6.61 Å². The minimum absolute atomic E-state index is 0.154. The average Bonchev–Trinajstić information content (AvgIpc) is 2.71. The topological polar surface area (TPSA) is 64.6 Å². The maximum atomic E-state index is 11.9. The van der Waals surface area contributed by atoms with E-state index in [0.29, 0.717) is 6.42 Å². The van der Waals surface area contributed by atoms with Gasteiger partial charge in [0, 0.05) is 39.1 Å². The van der Waals surface area contributed by atoms with Crippen molar-refractivity contribution in [2.75, 3.05) is 45.9 Å². The molecule has 1 amide bonds. The molecule has 5 nitrogen and oxygen atoms in total. The van der Waals surface area contributed by atoms with Crippen molar-refractivity contribution in [1.82, 2.24) is 15.5 Å². The first-order chi connectivity index (χ1) is 14.2. The number of aliphatic hydroxyl groups is 1. The number of nitrogens with zero attached hydrogens (tertiary/aromatic N) is 1. The zero-order valence-corrected chi connectivity index (χ0v) is 19.7. The molecule has 0 fully saturated rings. The summed E-state index contributed by atoms with van der Waals surface area (Å²) in [7, 11) is 0. The van der Waals surface area contributed by atoms with Crippen LogP contribution in [-0.4, -0.2) is 61.8 Å². The van der Waals surface area contributed by atoms with Crippen molar-refractivity contribution in [3.63, 3.8) is 0 Å². The van der Waals surface area contributed by atoms with Gasteiger partial charge in [-0.1, -0.05) is 84.5 Å². The molecule has 0 aromatic carbocycles. The van der Waals surface area contributed by atoms with Gasteiger partial charge < -0.3 is 15.7 Å². The summed E-state index contributed by atoms with van der Waals surface area (Å²) in [4.78, 5) is 14.1. The van der Waals surface area contributed by atoms with Gasteiger partial charge in [-0.2, -0.15) is 0 Å². The van der Waals surface area contributed by atoms with Crippen LogP contribution >= 0.6 is 0 Å². The van der Waals surface area contributed by atoms with Crippen molar-refractivity contribution >= 4 is 5.91 Å². The Hall–Kier alpha value is -0.650. The van der Waals surface area contributed by atoms with Gasteiger partial charge in [-0.3, -0.25) is 9.69 Å². The number of aliphatic hydroxyl groups excluding tert-OH is 1. The Morgan fingerprint density at radius 3 is 1.83 bits per heavy atom. The molecule has 3 N–H and O–H groups in total. The van der Waals surface area contributed by atoms with E-state index in [2.05, 4.69) is 29.4 Å². The molecule has 0 aromatic heterocycles. The van der Waals surface area contributed by atoms with E-state index in [1.54, 1.807) is 0 Å². The SMILES string of the molecule is CCCCCCCCCCCCCCNC(=O)CCNCCN(CCC)CCO. The molecule has 0 aliphatic heterocycles. The van der Waals surface area contributed by atoms with E-state index >= 15 is 0 Å². The predicted molar refractivity (Wildman–Crippen MR) is 125 cm³/mol. The zero-order chi connectivity index (χ0) is 21.4. The molecule has 0 aliphatic carbocycles. The van der Waals surface area contributed by atoms with E-state index in [9.17, 15) is 4.79 Å². The highest BCUT2D eigenvalue weighted by molar-refractivity contribution is 5.75. The van der Waals surface area contributed by atoms with Gasteiger partial charge in [0.15, 0.2) is 0 Å². The molecule has 174 valence electrons. The maximum absolute atomic E-state index is 11.9. The highest BCUT2D eigenvalue weighted by Crippen LogP contribution is 2.11. The number of hydrogen-bond acceptors (Lipinski definition) is 4. The minimum Gasteiger partial charge on any atom is -0.395 e. The number of unbranched alkanes of at least 4 members (excludes halogenated alkanes) is 11. The highest BCUT2D eigenvalue weighted by Gasteiger charge is 2.03. The summed E-state index contributed by atoms with van der Waals surface area (Å²) in [6.07, 6.45) is 17.8. The molecule has 0 radical (unpaired) electrons. The van der Waals surface area contributed by atoms with E-state index in [1.807, 2.05) is 0 Å². The number of hydrogen-bond donors (Lipinski definition) is 3. The van der Waals surface area contributed by atoms with Crippen molar-refractivity contribution in [3.8, 4) is 0 Å². The summed E-state index contributed by atoms with van der Waals surface area (Å²) in [5, 5.41) is 15.4. The van der Waals surface area contributed by atoms with Crippen LogP contribution in [-0.2, 0) is 4.79 Å². The molecule has 0 atom stereocenters. The summed E-state index contributed by atoms with van der Waals surface area (Å²) in [5.41, 5.74) is 0. The smallest absolute Gasteiger partial charge is 0.221 e. The standard InChI is InChI=1S/C24H51N3O2/c1-3-5-6-7-8-9-10-11-12-13-14-15-17-26-24(29)16-18-25-19-21-27(20-4-2)22-23-28/h25,28H,3-23H2,1-2H3,(H,26,29). The molecule has 0 heterocycles. The number of carbonyl (C=O) groups excluding carboxylic acids is 1. The van der Waals surface area contributed by atoms with Crippen LogP contribution in [0.25, 0.3) is 0 Å². The Morgan fingerprint density at radius 1 is 0.690 bits per heavy atom. The number of amides is 1. The minimum atomic E-state index is 0.154. The average molecular weight is 414 g/mol. The third kappa shape index (κ3) is 21.9. The first-order valence-electron chi connectivity index (χ1n) is 12.5. The first kappa shape index (κ1) is 28.4. The van der Waals surface area contributed by atoms with E-state index in [4.69, 9.17) is 5.11 Å². The molecular weight excluding hydrogens is 362 g/mol. The molecule has 0 bridgehead atoms. The summed E-state index contributed by atoms with van der Waals surface area (Å²) in [6.45, 7) is 9.71. The lowest BCUT2D eigenvalue weighted by atomic mass is 10.1. The summed E-state index contributed by atoms with van der Waals surface area (Å²) < 4.78 is 0. The quantitative estimate of drug-likeness (QED) is 0.216. The summed E-state index contributed by atoms with van der Waals surface area (Å²) in [6, 6.07) is 0. The lowest BCUT2D eigenvalue weighted by Gasteiger charge is -2.20. The van der Waals surface area contributed by atoms with Crippen LogP contribution in [0.2, 0.25) is 0 Å². The Balaban J connectivity index is 3.29. The maximum Gasteiger partial charge on any atom is 0.221 e. The van der Waals surface area contributed by atoms with Gasteiger partial charge in [-0.15, -0.1) is 0 Å². The van der Waals surface area contributed by atoms with Crippen molar-refractivity contribution in [1.29, 1.82) is 0 Å². The monoisotopic (exact) mass is 413 g/mol. The fourth-order valence-electron chi connectivity index (χ4n) is 3.64. The van der Waals surface area contributed by atoms with Crippen LogP contribution < -0.4 is 10.6 Å². The molecule has 0 unspecified atom stereocenters. The van der Waals surface area contributed by atoms with Crippen molar-refractivity contribution in [2.24, 2.45) is 0 Å². The Labute approximate surface area is 181 Å². The van der Waals surface area contributed by atoms with Gasteiger partial charge in [0.2, 0.25) is 5.91 Å². The largest absolute Gasteiger partial charge is 0.395 e. The normalized spacial score (nSPS) is 11.3. The fraction of sp³-hybridized carbons (Fsp3) is 0.958. The second-order valence-corrected chi connectivity index (χ2v) is 8.30. The number of nitrogens with one attached hydrogen (secondary N) is 2. The van der Waals surface area contributed by atoms with Crippen LogP contribution in [0.1, 0.15) is 104 Å². The molecule has 0 aromatic rings. The molecule has 0 saturated heterocycles. The second-order valence-electron chi connectivity index (χ2n) is 8.30. The Morgan fingerprint density at radius 2 is 1.28 bits per heavy atom. The molecule has 0 saturated carbocycles. The molecule has 0 rings (SSSR count). The third-order valence-corrected chi connectivity index (χ3v) is 5.44. The lowest BCUT2D eigenvalue weighted by molar-refractivity contribution is -0.121. The van der Waals surface area contributed by atoms with Crippen molar-refractivity contribution < 1.29 is 9.90 Å². The Bertz CT molecular complexity index is 334. The highest BCUT2D eigenvalue weighted by atomic mass is 16.3.